The molecule has 84 valence electrons. The molecule has 1 aromatic heterocycles. The van der Waals surface area contributed by atoms with Crippen LogP contribution in [0.3, 0.4) is 0 Å². The summed E-state index contributed by atoms with van der Waals surface area (Å²) in [7, 11) is 2.92. The van der Waals surface area contributed by atoms with E-state index >= 15 is 0 Å². The molecule has 0 amide bonds. The molecule has 0 radical (unpaired) electrons. The Hall–Kier alpha value is -0.960. The van der Waals surface area contributed by atoms with Crippen molar-refractivity contribution in [1.29, 1.82) is 0 Å². The number of halogens is 3. The van der Waals surface area contributed by atoms with Crippen molar-refractivity contribution in [2.24, 2.45) is 12.0 Å². The van der Waals surface area contributed by atoms with Crippen molar-refractivity contribution in [3.8, 4) is 0 Å². The number of rotatable bonds is 0. The molecule has 4 nitrogen and oxygen atoms in total. The number of hydrogen-bond donors (Lipinski definition) is 1. The van der Waals surface area contributed by atoms with E-state index in [1.165, 1.54) is 14.1 Å². The molecule has 15 heavy (non-hydrogen) atoms. The van der Waals surface area contributed by atoms with Crippen LogP contribution in [0.4, 0.5) is 13.2 Å². The molecule has 0 bridgehead atoms. The van der Waals surface area contributed by atoms with E-state index in [1.54, 1.807) is 0 Å². The second kappa shape index (κ2) is 4.27. The van der Waals surface area contributed by atoms with Gasteiger partial charge in [-0.3, -0.25) is 0 Å². The summed E-state index contributed by atoms with van der Waals surface area (Å²) >= 11 is 5.15. The SMILES string of the molecule is CNC(=S)/N=c1/sc(C(F)(F)F)nn1C. The van der Waals surface area contributed by atoms with Crippen LogP contribution in [-0.2, 0) is 13.2 Å². The molecule has 1 heterocycles. The first-order valence-corrected chi connectivity index (χ1v) is 4.95. The smallest absolute Gasteiger partial charge is 0.364 e. The lowest BCUT2D eigenvalue weighted by molar-refractivity contribution is -0.138. The average Bonchev–Trinajstić information content (AvgIpc) is 2.47. The Kier molecular flexibility index (Phi) is 3.45. The Morgan fingerprint density at radius 3 is 2.60 bits per heavy atom. The first-order chi connectivity index (χ1) is 6.84. The van der Waals surface area contributed by atoms with Crippen molar-refractivity contribution in [2.75, 3.05) is 7.05 Å². The molecule has 0 spiro atoms. The lowest BCUT2D eigenvalue weighted by Gasteiger charge is -1.97. The van der Waals surface area contributed by atoms with Crippen LogP contribution in [0.5, 0.6) is 0 Å². The van der Waals surface area contributed by atoms with Crippen molar-refractivity contribution < 1.29 is 13.2 Å². The molecule has 1 aromatic rings. The lowest BCUT2D eigenvalue weighted by atomic mass is 10.7. The Morgan fingerprint density at radius 2 is 2.20 bits per heavy atom. The highest BCUT2D eigenvalue weighted by Crippen LogP contribution is 2.28. The zero-order valence-corrected chi connectivity index (χ0v) is 9.43. The summed E-state index contributed by atoms with van der Waals surface area (Å²) in [5.74, 6) is 0. The molecule has 0 saturated heterocycles. The van der Waals surface area contributed by atoms with Gasteiger partial charge in [-0.15, -0.1) is 0 Å². The first kappa shape index (κ1) is 12.1. The first-order valence-electron chi connectivity index (χ1n) is 3.72. The molecular weight excluding hydrogens is 249 g/mol. The third-order valence-corrected chi connectivity index (χ3v) is 2.70. The number of aromatic nitrogens is 2. The van der Waals surface area contributed by atoms with Crippen molar-refractivity contribution in [3.63, 3.8) is 0 Å². The molecule has 0 aliphatic heterocycles. The number of nitrogens with one attached hydrogen (secondary N) is 1. The molecule has 0 atom stereocenters. The minimum atomic E-state index is -4.45. The van der Waals surface area contributed by atoms with Crippen LogP contribution in [0.1, 0.15) is 5.01 Å². The molecule has 1 N–H and O–H groups in total. The third-order valence-electron chi connectivity index (χ3n) is 1.36. The van der Waals surface area contributed by atoms with Gasteiger partial charge in [0.2, 0.25) is 9.81 Å². The molecule has 0 unspecified atom stereocenters. The highest BCUT2D eigenvalue weighted by atomic mass is 32.1. The van der Waals surface area contributed by atoms with Crippen molar-refractivity contribution in [1.82, 2.24) is 15.1 Å². The van der Waals surface area contributed by atoms with Crippen LogP contribution in [0.2, 0.25) is 0 Å². The van der Waals surface area contributed by atoms with Gasteiger partial charge in [-0.2, -0.15) is 23.3 Å². The van der Waals surface area contributed by atoms with Crippen LogP contribution >= 0.6 is 23.6 Å². The van der Waals surface area contributed by atoms with Crippen molar-refractivity contribution in [2.45, 2.75) is 6.18 Å². The van der Waals surface area contributed by atoms with Crippen LogP contribution in [-0.4, -0.2) is 21.9 Å². The molecule has 9 heteroatoms. The Balaban J connectivity index is 3.18. The fourth-order valence-electron chi connectivity index (χ4n) is 0.704. The summed E-state index contributed by atoms with van der Waals surface area (Å²) < 4.78 is 37.8. The lowest BCUT2D eigenvalue weighted by Crippen LogP contribution is -2.20. The number of hydrogen-bond acceptors (Lipinski definition) is 3. The Labute approximate surface area is 92.4 Å². The van der Waals surface area contributed by atoms with Crippen LogP contribution in [0.25, 0.3) is 0 Å². The maximum atomic E-state index is 12.2. The molecule has 0 aliphatic rings. The minimum Gasteiger partial charge on any atom is -0.364 e. The van der Waals surface area contributed by atoms with Crippen LogP contribution < -0.4 is 10.1 Å². The minimum absolute atomic E-state index is 0.0988. The van der Waals surface area contributed by atoms with Gasteiger partial charge in [0.05, 0.1) is 0 Å². The largest absolute Gasteiger partial charge is 0.445 e. The van der Waals surface area contributed by atoms with Gasteiger partial charge in [-0.1, -0.05) is 11.3 Å². The Morgan fingerprint density at radius 1 is 1.60 bits per heavy atom. The van der Waals surface area contributed by atoms with E-state index in [0.717, 1.165) is 4.68 Å². The van der Waals surface area contributed by atoms with Crippen LogP contribution in [0, 0.1) is 0 Å². The molecule has 0 aliphatic carbocycles. The van der Waals surface area contributed by atoms with E-state index in [1.807, 2.05) is 0 Å². The highest BCUT2D eigenvalue weighted by molar-refractivity contribution is 7.80. The number of thiocarbonyl (C=S) groups is 1. The number of aryl methyl sites for hydroxylation is 1. The van der Waals surface area contributed by atoms with Gasteiger partial charge >= 0.3 is 6.18 Å². The van der Waals surface area contributed by atoms with Gasteiger partial charge in [0.25, 0.3) is 0 Å². The summed E-state index contributed by atoms with van der Waals surface area (Å²) in [5.41, 5.74) is 0. The molecular formula is C6H7F3N4S2. The van der Waals surface area contributed by atoms with E-state index < -0.39 is 11.2 Å². The van der Waals surface area contributed by atoms with Crippen molar-refractivity contribution in [3.05, 3.63) is 9.81 Å². The van der Waals surface area contributed by atoms with E-state index in [-0.39, 0.29) is 9.91 Å². The fraction of sp³-hybridized carbons (Fsp3) is 0.500. The summed E-state index contributed by atoms with van der Waals surface area (Å²) in [6, 6.07) is 0. The topological polar surface area (TPSA) is 42.2 Å². The summed E-state index contributed by atoms with van der Waals surface area (Å²) in [6.07, 6.45) is -4.45. The summed E-state index contributed by atoms with van der Waals surface area (Å²) in [5, 5.41) is 5.01. The molecule has 1 rings (SSSR count). The fourth-order valence-corrected chi connectivity index (χ4v) is 1.61. The molecule has 0 aromatic carbocycles. The number of nitrogens with zero attached hydrogens (tertiary/aromatic N) is 3. The Bertz CT molecular complexity index is 430. The third kappa shape index (κ3) is 2.99. The van der Waals surface area contributed by atoms with Crippen LogP contribution in [0.15, 0.2) is 4.99 Å². The van der Waals surface area contributed by atoms with E-state index in [0.29, 0.717) is 11.3 Å². The maximum Gasteiger partial charge on any atom is 0.445 e. The van der Waals surface area contributed by atoms with E-state index in [2.05, 4.69) is 15.4 Å². The monoisotopic (exact) mass is 256 g/mol. The van der Waals surface area contributed by atoms with Gasteiger partial charge < -0.3 is 5.32 Å². The quantitative estimate of drug-likeness (QED) is 0.701. The second-order valence-corrected chi connectivity index (χ2v) is 3.82. The highest BCUT2D eigenvalue weighted by Gasteiger charge is 2.35. The number of alkyl halides is 3. The second-order valence-electron chi connectivity index (χ2n) is 2.48. The van der Waals surface area contributed by atoms with E-state index in [9.17, 15) is 13.2 Å². The van der Waals surface area contributed by atoms with Crippen molar-refractivity contribution >= 4 is 28.7 Å². The standard InChI is InChI=1S/C6H7F3N4S2/c1-10-4(14)11-5-13(2)12-3(15-5)6(7,8)9/h1-2H3,(H,10,14)/b11-5+. The molecule has 0 fully saturated rings. The predicted molar refractivity (Wildman–Crippen MR) is 53.3 cm³/mol. The van der Waals surface area contributed by atoms with Gasteiger partial charge in [-0.25, -0.2) is 4.68 Å². The zero-order valence-electron chi connectivity index (χ0n) is 7.79. The zero-order chi connectivity index (χ0) is 11.6. The van der Waals surface area contributed by atoms with Gasteiger partial charge in [0.15, 0.2) is 5.11 Å². The summed E-state index contributed by atoms with van der Waals surface area (Å²) in [4.78, 5) is 3.85. The summed E-state index contributed by atoms with van der Waals surface area (Å²) in [6.45, 7) is 0. The van der Waals surface area contributed by atoms with E-state index in [4.69, 9.17) is 12.2 Å². The van der Waals surface area contributed by atoms with Gasteiger partial charge in [0.1, 0.15) is 0 Å². The average molecular weight is 256 g/mol. The predicted octanol–water partition coefficient (Wildman–Crippen LogP) is 0.905. The normalized spacial score (nSPS) is 13.0. The van der Waals surface area contributed by atoms with Gasteiger partial charge in [-0.05, 0) is 12.2 Å². The van der Waals surface area contributed by atoms with Gasteiger partial charge in [0, 0.05) is 14.1 Å². The molecule has 0 saturated carbocycles. The maximum absolute atomic E-state index is 12.2.